The molecule has 2 aliphatic rings. The molecule has 21 heavy (non-hydrogen) atoms. The number of carbonyl (C=O) groups is 2. The van der Waals surface area contributed by atoms with Crippen molar-refractivity contribution in [3.05, 3.63) is 35.9 Å². The van der Waals surface area contributed by atoms with Crippen molar-refractivity contribution in [1.29, 1.82) is 0 Å². The summed E-state index contributed by atoms with van der Waals surface area (Å²) in [6.07, 6.45) is 3.98. The van der Waals surface area contributed by atoms with Gasteiger partial charge in [-0.05, 0) is 18.4 Å². The van der Waals surface area contributed by atoms with Crippen LogP contribution in [0.25, 0.3) is 0 Å². The maximum Gasteiger partial charge on any atom is 0.309 e. The van der Waals surface area contributed by atoms with Crippen LogP contribution in [-0.4, -0.2) is 18.0 Å². The minimum atomic E-state index is -0.289. The number of benzene rings is 1. The highest BCUT2D eigenvalue weighted by Crippen LogP contribution is 2.40. The Morgan fingerprint density at radius 2 is 1.95 bits per heavy atom. The summed E-state index contributed by atoms with van der Waals surface area (Å²) in [5.74, 6) is -0.204. The van der Waals surface area contributed by atoms with Crippen molar-refractivity contribution in [2.45, 2.75) is 44.8 Å². The fourth-order valence-corrected chi connectivity index (χ4v) is 3.38. The Morgan fingerprint density at radius 3 is 2.76 bits per heavy atom. The van der Waals surface area contributed by atoms with Crippen molar-refractivity contribution in [2.75, 3.05) is 0 Å². The Hall–Kier alpha value is -1.84. The Kier molecular flexibility index (Phi) is 4.23. The standard InChI is InChI=1S/C17H20O4/c18-16(20-11-12-6-2-1-3-7-12)10-15-13-8-4-5-9-14(13)17(19)21-15/h1-3,6-7,13-15H,4-5,8-11H2/t13-,14+,15?/m0/s1. The van der Waals surface area contributed by atoms with Crippen molar-refractivity contribution in [3.63, 3.8) is 0 Å². The second-order valence-corrected chi connectivity index (χ2v) is 5.88. The highest BCUT2D eigenvalue weighted by atomic mass is 16.6. The van der Waals surface area contributed by atoms with Gasteiger partial charge in [0.25, 0.3) is 0 Å². The molecule has 0 amide bonds. The van der Waals surface area contributed by atoms with Gasteiger partial charge < -0.3 is 9.47 Å². The maximum absolute atomic E-state index is 11.9. The third-order valence-electron chi connectivity index (χ3n) is 4.48. The van der Waals surface area contributed by atoms with Gasteiger partial charge in [-0.2, -0.15) is 0 Å². The molecule has 1 aromatic carbocycles. The Bertz CT molecular complexity index is 511. The normalized spacial score (nSPS) is 27.8. The largest absolute Gasteiger partial charge is 0.461 e. The van der Waals surface area contributed by atoms with Gasteiger partial charge in [0.15, 0.2) is 0 Å². The minimum Gasteiger partial charge on any atom is -0.461 e. The molecule has 0 radical (unpaired) electrons. The zero-order valence-electron chi connectivity index (χ0n) is 12.0. The molecule has 3 atom stereocenters. The zero-order chi connectivity index (χ0) is 14.7. The topological polar surface area (TPSA) is 52.6 Å². The molecule has 4 heteroatoms. The van der Waals surface area contributed by atoms with Gasteiger partial charge in [-0.15, -0.1) is 0 Å². The summed E-state index contributed by atoms with van der Waals surface area (Å²) < 4.78 is 10.7. The average Bonchev–Trinajstić information content (AvgIpc) is 2.83. The van der Waals surface area contributed by atoms with Gasteiger partial charge in [0, 0.05) is 5.92 Å². The number of fused-ring (bicyclic) bond motifs is 1. The summed E-state index contributed by atoms with van der Waals surface area (Å²) in [4.78, 5) is 23.7. The third kappa shape index (κ3) is 3.26. The Balaban J connectivity index is 1.52. The van der Waals surface area contributed by atoms with Crippen LogP contribution in [0.3, 0.4) is 0 Å². The van der Waals surface area contributed by atoms with Gasteiger partial charge in [-0.1, -0.05) is 43.2 Å². The molecule has 0 N–H and O–H groups in total. The lowest BCUT2D eigenvalue weighted by atomic mass is 9.77. The van der Waals surface area contributed by atoms with Crippen LogP contribution in [0.5, 0.6) is 0 Å². The molecule has 1 saturated heterocycles. The van der Waals surface area contributed by atoms with E-state index in [4.69, 9.17) is 9.47 Å². The number of rotatable bonds is 4. The van der Waals surface area contributed by atoms with E-state index in [-0.39, 0.29) is 42.9 Å². The van der Waals surface area contributed by atoms with Crippen LogP contribution >= 0.6 is 0 Å². The van der Waals surface area contributed by atoms with E-state index in [9.17, 15) is 9.59 Å². The Labute approximate surface area is 124 Å². The van der Waals surface area contributed by atoms with E-state index in [1.165, 1.54) is 0 Å². The summed E-state index contributed by atoms with van der Waals surface area (Å²) in [6.45, 7) is 0.272. The van der Waals surface area contributed by atoms with Crippen molar-refractivity contribution >= 4 is 11.9 Å². The first-order valence-electron chi connectivity index (χ1n) is 7.64. The average molecular weight is 288 g/mol. The number of carbonyl (C=O) groups excluding carboxylic acids is 2. The number of hydrogen-bond donors (Lipinski definition) is 0. The van der Waals surface area contributed by atoms with Crippen LogP contribution in [-0.2, 0) is 25.7 Å². The lowest BCUT2D eigenvalue weighted by molar-refractivity contribution is -0.151. The Morgan fingerprint density at radius 1 is 1.19 bits per heavy atom. The molecule has 112 valence electrons. The smallest absolute Gasteiger partial charge is 0.309 e. The third-order valence-corrected chi connectivity index (χ3v) is 4.48. The lowest BCUT2D eigenvalue weighted by Crippen LogP contribution is -2.26. The first kappa shape index (κ1) is 14.1. The molecule has 1 aromatic rings. The van der Waals surface area contributed by atoms with Gasteiger partial charge >= 0.3 is 11.9 Å². The summed E-state index contributed by atoms with van der Waals surface area (Å²) in [5.41, 5.74) is 0.963. The molecular weight excluding hydrogens is 268 g/mol. The van der Waals surface area contributed by atoms with Crippen LogP contribution in [0.15, 0.2) is 30.3 Å². The maximum atomic E-state index is 11.9. The van der Waals surface area contributed by atoms with E-state index in [2.05, 4.69) is 0 Å². The predicted molar refractivity (Wildman–Crippen MR) is 76.2 cm³/mol. The quantitative estimate of drug-likeness (QED) is 0.799. The van der Waals surface area contributed by atoms with E-state index in [1.807, 2.05) is 30.3 Å². The van der Waals surface area contributed by atoms with Gasteiger partial charge in [0.05, 0.1) is 12.3 Å². The van der Waals surface area contributed by atoms with Gasteiger partial charge in [-0.3, -0.25) is 9.59 Å². The van der Waals surface area contributed by atoms with E-state index in [0.29, 0.717) is 0 Å². The lowest BCUT2D eigenvalue weighted by Gasteiger charge is -2.24. The molecule has 4 nitrogen and oxygen atoms in total. The van der Waals surface area contributed by atoms with E-state index in [0.717, 1.165) is 31.2 Å². The molecule has 1 aliphatic carbocycles. The first-order chi connectivity index (χ1) is 10.2. The number of hydrogen-bond acceptors (Lipinski definition) is 4. The summed E-state index contributed by atoms with van der Waals surface area (Å²) in [5, 5.41) is 0. The molecule has 0 aromatic heterocycles. The van der Waals surface area contributed by atoms with Gasteiger partial charge in [0.2, 0.25) is 0 Å². The van der Waals surface area contributed by atoms with Crippen molar-refractivity contribution < 1.29 is 19.1 Å². The second-order valence-electron chi connectivity index (χ2n) is 5.88. The van der Waals surface area contributed by atoms with Crippen LogP contribution in [0.2, 0.25) is 0 Å². The molecular formula is C17H20O4. The molecule has 3 rings (SSSR count). The highest BCUT2D eigenvalue weighted by Gasteiger charge is 2.46. The van der Waals surface area contributed by atoms with Gasteiger partial charge in [-0.25, -0.2) is 0 Å². The molecule has 0 bridgehead atoms. The monoisotopic (exact) mass is 288 g/mol. The highest BCUT2D eigenvalue weighted by molar-refractivity contribution is 5.77. The fourth-order valence-electron chi connectivity index (χ4n) is 3.38. The van der Waals surface area contributed by atoms with Crippen molar-refractivity contribution in [3.8, 4) is 0 Å². The number of cyclic esters (lactones) is 1. The number of esters is 2. The van der Waals surface area contributed by atoms with Crippen LogP contribution in [0.4, 0.5) is 0 Å². The molecule has 1 aliphatic heterocycles. The fraction of sp³-hybridized carbons (Fsp3) is 0.529. The van der Waals surface area contributed by atoms with E-state index >= 15 is 0 Å². The summed E-state index contributed by atoms with van der Waals surface area (Å²) >= 11 is 0. The molecule has 1 heterocycles. The minimum absolute atomic E-state index is 0.00525. The molecule has 1 saturated carbocycles. The summed E-state index contributed by atoms with van der Waals surface area (Å²) in [6, 6.07) is 9.58. The first-order valence-corrected chi connectivity index (χ1v) is 7.64. The molecule has 0 spiro atoms. The predicted octanol–water partition coefficient (Wildman–Crippen LogP) is 2.85. The van der Waals surface area contributed by atoms with Gasteiger partial charge in [0.1, 0.15) is 12.7 Å². The zero-order valence-corrected chi connectivity index (χ0v) is 12.0. The van der Waals surface area contributed by atoms with Crippen LogP contribution < -0.4 is 0 Å². The SMILES string of the molecule is O=C(CC1OC(=O)[C@@H]2CCCC[C@H]12)OCc1ccccc1. The van der Waals surface area contributed by atoms with Crippen molar-refractivity contribution in [1.82, 2.24) is 0 Å². The molecule has 1 unspecified atom stereocenters. The van der Waals surface area contributed by atoms with Crippen LogP contribution in [0.1, 0.15) is 37.7 Å². The van der Waals surface area contributed by atoms with Crippen molar-refractivity contribution in [2.24, 2.45) is 11.8 Å². The van der Waals surface area contributed by atoms with Crippen LogP contribution in [0, 0.1) is 11.8 Å². The van der Waals surface area contributed by atoms with E-state index in [1.54, 1.807) is 0 Å². The molecule has 2 fully saturated rings. The summed E-state index contributed by atoms with van der Waals surface area (Å²) in [7, 11) is 0. The van der Waals surface area contributed by atoms with E-state index < -0.39 is 0 Å². The number of ether oxygens (including phenoxy) is 2. The second kappa shape index (κ2) is 6.29.